The molecule has 1 unspecified atom stereocenters. The topological polar surface area (TPSA) is 90.9 Å². The molecule has 1 fully saturated rings. The predicted octanol–water partition coefficient (Wildman–Crippen LogP) is 5.42. The Bertz CT molecular complexity index is 1110. The number of quaternary nitrogens is 1. The molecule has 0 radical (unpaired) electrons. The first-order valence-electron chi connectivity index (χ1n) is 14.1. The van der Waals surface area contributed by atoms with E-state index in [1.165, 1.54) is 7.11 Å². The molecular formula is C31H43N2O6+. The molecule has 2 aromatic carbocycles. The summed E-state index contributed by atoms with van der Waals surface area (Å²) in [5.41, 5.74) is 2.30. The van der Waals surface area contributed by atoms with Crippen LogP contribution in [0.1, 0.15) is 73.9 Å². The Morgan fingerprint density at radius 2 is 1.67 bits per heavy atom. The number of nitrogens with zero attached hydrogens (tertiary/aromatic N) is 1. The van der Waals surface area contributed by atoms with Crippen LogP contribution in [0.2, 0.25) is 0 Å². The molecule has 0 bridgehead atoms. The largest absolute Gasteiger partial charge is 0.497 e. The van der Waals surface area contributed by atoms with Gasteiger partial charge in [0.25, 0.3) is 5.91 Å². The highest BCUT2D eigenvalue weighted by Gasteiger charge is 2.44. The molecule has 3 rings (SSSR count). The maximum absolute atomic E-state index is 14.1. The molecule has 1 aliphatic heterocycles. The van der Waals surface area contributed by atoms with Crippen LogP contribution in [0.3, 0.4) is 0 Å². The molecular weight excluding hydrogens is 496 g/mol. The van der Waals surface area contributed by atoms with Crippen LogP contribution in [-0.4, -0.2) is 61.7 Å². The molecule has 1 saturated heterocycles. The van der Waals surface area contributed by atoms with Gasteiger partial charge in [-0.05, 0) is 69.2 Å². The van der Waals surface area contributed by atoms with E-state index in [4.69, 9.17) is 14.2 Å². The van der Waals surface area contributed by atoms with Crippen LogP contribution in [0, 0.1) is 6.92 Å². The van der Waals surface area contributed by atoms with Gasteiger partial charge in [-0.3, -0.25) is 4.79 Å². The van der Waals surface area contributed by atoms with Crippen molar-refractivity contribution in [1.29, 1.82) is 0 Å². The van der Waals surface area contributed by atoms with Crippen molar-refractivity contribution in [2.45, 2.75) is 71.9 Å². The number of hydrogen-bond donors (Lipinski definition) is 1. The number of anilines is 1. The zero-order valence-corrected chi connectivity index (χ0v) is 23.8. The predicted molar refractivity (Wildman–Crippen MR) is 151 cm³/mol. The number of methoxy groups -OCH3 is 1. The molecule has 2 aromatic rings. The molecule has 0 aromatic heterocycles. The number of aryl methyl sites for hydroxylation is 1. The third-order valence-corrected chi connectivity index (χ3v) is 7.46. The van der Waals surface area contributed by atoms with E-state index >= 15 is 0 Å². The van der Waals surface area contributed by atoms with Gasteiger partial charge >= 0.3 is 11.9 Å². The van der Waals surface area contributed by atoms with Gasteiger partial charge in [-0.15, -0.1) is 0 Å². The highest BCUT2D eigenvalue weighted by molar-refractivity contribution is 6.03. The molecule has 0 aliphatic carbocycles. The summed E-state index contributed by atoms with van der Waals surface area (Å²) in [6, 6.07) is 12.5. The fraction of sp³-hybridized carbons (Fsp3) is 0.516. The molecule has 8 heteroatoms. The average molecular weight is 540 g/mol. The molecule has 0 spiro atoms. The standard InChI is InChI=1S/C31H42N2O6/c1-5-14-27(30(35)32-29-23(3)19-25(37-4)20-26(29)31(36)38-6-2)33(17-12-7-8-13-18-33)21-28(34)39-22-24-15-10-9-11-16-24/h9-11,15-16,19-20,27H,5-8,12-14,17-18,21-22H2,1-4H3/p+1. The van der Waals surface area contributed by atoms with Crippen LogP contribution in [0.15, 0.2) is 42.5 Å². The Morgan fingerprint density at radius 3 is 2.28 bits per heavy atom. The Kier molecular flexibility index (Phi) is 11.3. The van der Waals surface area contributed by atoms with Crippen molar-refractivity contribution in [3.05, 3.63) is 59.2 Å². The minimum Gasteiger partial charge on any atom is -0.497 e. The number of esters is 2. The first-order valence-corrected chi connectivity index (χ1v) is 14.1. The van der Waals surface area contributed by atoms with Crippen LogP contribution in [0.4, 0.5) is 5.69 Å². The first kappa shape index (κ1) is 30.2. The Hall–Kier alpha value is -3.39. The highest BCUT2D eigenvalue weighted by Crippen LogP contribution is 2.31. The van der Waals surface area contributed by atoms with Gasteiger partial charge in [0.1, 0.15) is 12.4 Å². The van der Waals surface area contributed by atoms with Crippen molar-refractivity contribution < 1.29 is 33.1 Å². The van der Waals surface area contributed by atoms with Crippen LogP contribution in [-0.2, 0) is 25.7 Å². The summed E-state index contributed by atoms with van der Waals surface area (Å²) in [5.74, 6) is -0.517. The quantitative estimate of drug-likeness (QED) is 0.286. The fourth-order valence-corrected chi connectivity index (χ4v) is 5.48. The van der Waals surface area contributed by atoms with Crippen LogP contribution in [0.5, 0.6) is 5.75 Å². The summed E-state index contributed by atoms with van der Waals surface area (Å²) in [6.07, 6.45) is 5.42. The number of hydrogen-bond acceptors (Lipinski definition) is 6. The number of carbonyl (C=O) groups is 3. The Balaban J connectivity index is 1.90. The van der Waals surface area contributed by atoms with E-state index in [1.807, 2.05) is 44.2 Å². The summed E-state index contributed by atoms with van der Waals surface area (Å²) in [7, 11) is 1.53. The number of carbonyl (C=O) groups excluding carboxylic acids is 3. The minimum absolute atomic E-state index is 0.136. The molecule has 212 valence electrons. The lowest BCUT2D eigenvalue weighted by Gasteiger charge is -2.42. The van der Waals surface area contributed by atoms with Gasteiger partial charge in [0, 0.05) is 6.42 Å². The summed E-state index contributed by atoms with van der Waals surface area (Å²) in [5, 5.41) is 3.06. The lowest BCUT2D eigenvalue weighted by Crippen LogP contribution is -2.62. The zero-order valence-electron chi connectivity index (χ0n) is 23.8. The lowest BCUT2D eigenvalue weighted by atomic mass is 10.0. The van der Waals surface area contributed by atoms with E-state index in [0.717, 1.165) is 50.8 Å². The molecule has 8 nitrogen and oxygen atoms in total. The maximum atomic E-state index is 14.1. The summed E-state index contributed by atoms with van der Waals surface area (Å²) in [6.45, 7) is 7.62. The summed E-state index contributed by atoms with van der Waals surface area (Å²) in [4.78, 5) is 40.1. The van der Waals surface area contributed by atoms with Gasteiger partial charge in [0.05, 0.1) is 38.1 Å². The van der Waals surface area contributed by atoms with E-state index in [0.29, 0.717) is 27.9 Å². The minimum atomic E-state index is -0.523. The van der Waals surface area contributed by atoms with Crippen molar-refractivity contribution in [1.82, 2.24) is 0 Å². The molecule has 1 N–H and O–H groups in total. The van der Waals surface area contributed by atoms with Gasteiger partial charge in [-0.2, -0.15) is 0 Å². The van der Waals surface area contributed by atoms with E-state index in [-0.39, 0.29) is 37.2 Å². The SMILES string of the molecule is CCCC(C(=O)Nc1c(C)cc(OC)cc1C(=O)OCC)[N+]1(CC(=O)OCc2ccccc2)CCCCCC1. The second kappa shape index (κ2) is 14.7. The lowest BCUT2D eigenvalue weighted by molar-refractivity contribution is -0.935. The van der Waals surface area contributed by atoms with Crippen LogP contribution in [0.25, 0.3) is 0 Å². The van der Waals surface area contributed by atoms with Gasteiger partial charge in [0.15, 0.2) is 12.6 Å². The average Bonchev–Trinajstić information content (AvgIpc) is 3.18. The first-order chi connectivity index (χ1) is 18.8. The summed E-state index contributed by atoms with van der Waals surface area (Å²) < 4.78 is 16.7. The third-order valence-electron chi connectivity index (χ3n) is 7.46. The number of likely N-dealkylation sites (tertiary alicyclic amines) is 1. The Morgan fingerprint density at radius 1 is 0.974 bits per heavy atom. The molecule has 39 heavy (non-hydrogen) atoms. The van der Waals surface area contributed by atoms with Gasteiger partial charge in [0.2, 0.25) is 0 Å². The molecule has 1 amide bonds. The smallest absolute Gasteiger partial charge is 0.362 e. The number of benzene rings is 2. The number of amides is 1. The van der Waals surface area contributed by atoms with Crippen molar-refractivity contribution in [2.24, 2.45) is 0 Å². The molecule has 0 saturated carbocycles. The van der Waals surface area contributed by atoms with E-state index in [2.05, 4.69) is 5.32 Å². The van der Waals surface area contributed by atoms with Crippen molar-refractivity contribution in [3.63, 3.8) is 0 Å². The second-order valence-corrected chi connectivity index (χ2v) is 10.3. The number of nitrogens with one attached hydrogen (secondary N) is 1. The molecule has 1 heterocycles. The number of ether oxygens (including phenoxy) is 3. The van der Waals surface area contributed by atoms with Crippen LogP contribution < -0.4 is 10.1 Å². The fourth-order valence-electron chi connectivity index (χ4n) is 5.48. The van der Waals surface area contributed by atoms with Gasteiger partial charge in [-0.25, -0.2) is 9.59 Å². The molecule has 1 aliphatic rings. The Labute approximate surface area is 232 Å². The van der Waals surface area contributed by atoms with Crippen molar-refractivity contribution >= 4 is 23.5 Å². The second-order valence-electron chi connectivity index (χ2n) is 10.3. The zero-order chi connectivity index (χ0) is 28.3. The van der Waals surface area contributed by atoms with E-state index < -0.39 is 12.0 Å². The van der Waals surface area contributed by atoms with Gasteiger partial charge in [-0.1, -0.05) is 37.3 Å². The van der Waals surface area contributed by atoms with E-state index in [1.54, 1.807) is 19.1 Å². The van der Waals surface area contributed by atoms with Crippen molar-refractivity contribution in [3.8, 4) is 5.75 Å². The normalized spacial score (nSPS) is 15.5. The van der Waals surface area contributed by atoms with Crippen molar-refractivity contribution in [2.75, 3.05) is 38.7 Å². The third kappa shape index (κ3) is 8.05. The maximum Gasteiger partial charge on any atom is 0.362 e. The van der Waals surface area contributed by atoms with Gasteiger partial charge < -0.3 is 24.0 Å². The van der Waals surface area contributed by atoms with E-state index in [9.17, 15) is 14.4 Å². The van der Waals surface area contributed by atoms with Crippen LogP contribution >= 0.6 is 0 Å². The summed E-state index contributed by atoms with van der Waals surface area (Å²) >= 11 is 0. The molecule has 1 atom stereocenters. The monoisotopic (exact) mass is 539 g/mol. The number of rotatable bonds is 12. The highest BCUT2D eigenvalue weighted by atomic mass is 16.5.